The molecule has 6 nitrogen and oxygen atoms in total. The van der Waals surface area contributed by atoms with Gasteiger partial charge in [-0.3, -0.25) is 9.78 Å². The van der Waals surface area contributed by atoms with Crippen LogP contribution in [0, 0.1) is 6.92 Å². The molecule has 3 heterocycles. The van der Waals surface area contributed by atoms with Crippen molar-refractivity contribution in [2.75, 3.05) is 13.7 Å². The van der Waals surface area contributed by atoms with Gasteiger partial charge in [-0.15, -0.1) is 0 Å². The van der Waals surface area contributed by atoms with Crippen LogP contribution < -0.4 is 0 Å². The molecule has 0 radical (unpaired) electrons. The lowest BCUT2D eigenvalue weighted by atomic mass is 10.1. The summed E-state index contributed by atoms with van der Waals surface area (Å²) in [5, 5.41) is 0. The van der Waals surface area contributed by atoms with Gasteiger partial charge in [0.1, 0.15) is 11.9 Å². The molecule has 23 heavy (non-hydrogen) atoms. The molecule has 2 aromatic heterocycles. The van der Waals surface area contributed by atoms with Crippen molar-refractivity contribution in [2.45, 2.75) is 32.4 Å². The quantitative estimate of drug-likeness (QED) is 0.863. The lowest BCUT2D eigenvalue weighted by Crippen LogP contribution is -2.36. The van der Waals surface area contributed by atoms with Gasteiger partial charge < -0.3 is 9.64 Å². The van der Waals surface area contributed by atoms with Gasteiger partial charge >= 0.3 is 0 Å². The highest BCUT2D eigenvalue weighted by Gasteiger charge is 2.27. The molecule has 0 N–H and O–H groups in total. The maximum atomic E-state index is 12.4. The minimum absolute atomic E-state index is 0.0134. The van der Waals surface area contributed by atoms with Gasteiger partial charge in [-0.05, 0) is 37.5 Å². The summed E-state index contributed by atoms with van der Waals surface area (Å²) in [6.45, 7) is 2.95. The van der Waals surface area contributed by atoms with Gasteiger partial charge in [-0.25, -0.2) is 9.97 Å². The number of nitrogens with zero attached hydrogens (tertiary/aromatic N) is 4. The Kier molecular flexibility index (Phi) is 4.62. The molecule has 1 fully saturated rings. The van der Waals surface area contributed by atoms with Gasteiger partial charge in [-0.1, -0.05) is 0 Å². The van der Waals surface area contributed by atoms with E-state index >= 15 is 0 Å². The molecule has 1 unspecified atom stereocenters. The van der Waals surface area contributed by atoms with Crippen LogP contribution in [0.5, 0.6) is 0 Å². The highest BCUT2D eigenvalue weighted by atomic mass is 16.5. The summed E-state index contributed by atoms with van der Waals surface area (Å²) in [4.78, 5) is 27.0. The van der Waals surface area contributed by atoms with Gasteiger partial charge in [0, 0.05) is 37.8 Å². The van der Waals surface area contributed by atoms with E-state index in [1.807, 2.05) is 19.1 Å². The normalized spacial score (nSPS) is 17.2. The third-order valence-electron chi connectivity index (χ3n) is 3.95. The van der Waals surface area contributed by atoms with Crippen molar-refractivity contribution < 1.29 is 9.53 Å². The Labute approximate surface area is 135 Å². The maximum absolute atomic E-state index is 12.4. The molecule has 0 saturated carbocycles. The number of pyridine rings is 1. The molecule has 1 aliphatic heterocycles. The zero-order chi connectivity index (χ0) is 16.2. The minimum atomic E-state index is -0.313. The molecular weight excluding hydrogens is 292 g/mol. The number of rotatable bonds is 4. The Morgan fingerprint density at radius 1 is 1.39 bits per heavy atom. The number of aromatic nitrogens is 3. The van der Waals surface area contributed by atoms with Crippen LogP contribution in [-0.4, -0.2) is 45.5 Å². The van der Waals surface area contributed by atoms with Gasteiger partial charge in [0.15, 0.2) is 0 Å². The minimum Gasteiger partial charge on any atom is -0.368 e. The van der Waals surface area contributed by atoms with Gasteiger partial charge in [0.2, 0.25) is 0 Å². The van der Waals surface area contributed by atoms with Crippen LogP contribution in [0.25, 0.3) is 11.1 Å². The number of likely N-dealkylation sites (N-methyl/N-ethyl adjacent to an activating group) is 1. The average molecular weight is 312 g/mol. The second kappa shape index (κ2) is 6.83. The molecule has 1 amide bonds. The first-order chi connectivity index (χ1) is 11.1. The fraction of sp³-hybridized carbons (Fsp3) is 0.412. The average Bonchev–Trinajstić information content (AvgIpc) is 3.09. The van der Waals surface area contributed by atoms with Crippen LogP contribution in [-0.2, 0) is 16.1 Å². The topological polar surface area (TPSA) is 68.2 Å². The highest BCUT2D eigenvalue weighted by Crippen LogP contribution is 2.23. The number of ether oxygens (including phenoxy) is 1. The summed E-state index contributed by atoms with van der Waals surface area (Å²) < 4.78 is 5.48. The van der Waals surface area contributed by atoms with E-state index in [0.717, 1.165) is 29.7 Å². The van der Waals surface area contributed by atoms with E-state index in [1.165, 1.54) is 0 Å². The van der Waals surface area contributed by atoms with E-state index in [2.05, 4.69) is 15.0 Å². The molecule has 2 aromatic rings. The Morgan fingerprint density at radius 2 is 2.17 bits per heavy atom. The van der Waals surface area contributed by atoms with Crippen molar-refractivity contribution in [3.63, 3.8) is 0 Å². The predicted octanol–water partition coefficient (Wildman–Crippen LogP) is 1.98. The summed E-state index contributed by atoms with van der Waals surface area (Å²) in [5.41, 5.74) is 2.75. The van der Waals surface area contributed by atoms with Crippen LogP contribution in [0.2, 0.25) is 0 Å². The van der Waals surface area contributed by atoms with Crippen LogP contribution in [0.15, 0.2) is 30.7 Å². The number of hydrogen-bond acceptors (Lipinski definition) is 5. The van der Waals surface area contributed by atoms with Gasteiger partial charge in [-0.2, -0.15) is 0 Å². The molecule has 0 bridgehead atoms. The third-order valence-corrected chi connectivity index (χ3v) is 3.95. The molecule has 0 aliphatic carbocycles. The zero-order valence-corrected chi connectivity index (χ0v) is 13.4. The second-order valence-corrected chi connectivity index (χ2v) is 5.71. The van der Waals surface area contributed by atoms with Crippen molar-refractivity contribution in [1.29, 1.82) is 0 Å². The lowest BCUT2D eigenvalue weighted by Gasteiger charge is -2.21. The number of carbonyl (C=O) groups excluding carboxylic acids is 1. The summed E-state index contributed by atoms with van der Waals surface area (Å²) in [6.07, 6.45) is 6.70. The molecule has 0 aromatic carbocycles. The second-order valence-electron chi connectivity index (χ2n) is 5.71. The van der Waals surface area contributed by atoms with Gasteiger partial charge in [0.25, 0.3) is 5.91 Å². The van der Waals surface area contributed by atoms with Crippen molar-refractivity contribution in [3.05, 3.63) is 42.2 Å². The van der Waals surface area contributed by atoms with Crippen LogP contribution in [0.1, 0.15) is 24.4 Å². The molecule has 1 atom stereocenters. The predicted molar refractivity (Wildman–Crippen MR) is 85.4 cm³/mol. The SMILES string of the molecule is Cc1ncc(-c2ccncc2)c(CN(C)C(=O)C2CCCO2)n1. The third kappa shape index (κ3) is 3.53. The van der Waals surface area contributed by atoms with E-state index in [0.29, 0.717) is 19.0 Å². The van der Waals surface area contributed by atoms with E-state index in [-0.39, 0.29) is 12.0 Å². The first kappa shape index (κ1) is 15.6. The summed E-state index contributed by atoms with van der Waals surface area (Å²) >= 11 is 0. The maximum Gasteiger partial charge on any atom is 0.251 e. The smallest absolute Gasteiger partial charge is 0.251 e. The Morgan fingerprint density at radius 3 is 2.87 bits per heavy atom. The van der Waals surface area contributed by atoms with Crippen LogP contribution in [0.4, 0.5) is 0 Å². The standard InChI is InChI=1S/C17H20N4O2/c1-12-19-10-14(13-5-7-18-8-6-13)15(20-12)11-21(2)17(22)16-4-3-9-23-16/h5-8,10,16H,3-4,9,11H2,1-2H3. The number of carbonyl (C=O) groups is 1. The summed E-state index contributed by atoms with van der Waals surface area (Å²) in [6, 6.07) is 3.83. The number of hydrogen-bond donors (Lipinski definition) is 0. The fourth-order valence-electron chi connectivity index (χ4n) is 2.73. The van der Waals surface area contributed by atoms with Gasteiger partial charge in [0.05, 0.1) is 12.2 Å². The van der Waals surface area contributed by atoms with E-state index in [9.17, 15) is 4.79 Å². The fourth-order valence-corrected chi connectivity index (χ4v) is 2.73. The van der Waals surface area contributed by atoms with Crippen LogP contribution in [0.3, 0.4) is 0 Å². The number of aryl methyl sites for hydroxylation is 1. The monoisotopic (exact) mass is 312 g/mol. The first-order valence-electron chi connectivity index (χ1n) is 7.74. The molecule has 1 saturated heterocycles. The zero-order valence-electron chi connectivity index (χ0n) is 13.4. The van der Waals surface area contributed by atoms with E-state index < -0.39 is 0 Å². The van der Waals surface area contributed by atoms with Crippen LogP contribution >= 0.6 is 0 Å². The largest absolute Gasteiger partial charge is 0.368 e. The Balaban J connectivity index is 1.84. The van der Waals surface area contributed by atoms with Crippen molar-refractivity contribution in [3.8, 4) is 11.1 Å². The molecule has 3 rings (SSSR count). The van der Waals surface area contributed by atoms with E-state index in [1.54, 1.807) is 30.5 Å². The highest BCUT2D eigenvalue weighted by molar-refractivity contribution is 5.81. The Bertz CT molecular complexity index is 684. The van der Waals surface area contributed by atoms with Crippen molar-refractivity contribution >= 4 is 5.91 Å². The molecule has 1 aliphatic rings. The molecule has 0 spiro atoms. The number of amides is 1. The lowest BCUT2D eigenvalue weighted by molar-refractivity contribution is -0.140. The first-order valence-corrected chi connectivity index (χ1v) is 7.74. The van der Waals surface area contributed by atoms with E-state index in [4.69, 9.17) is 4.74 Å². The molecular formula is C17H20N4O2. The summed E-state index contributed by atoms with van der Waals surface area (Å²) in [7, 11) is 1.79. The van der Waals surface area contributed by atoms with Crippen molar-refractivity contribution in [1.82, 2.24) is 19.9 Å². The Hall–Kier alpha value is -2.34. The summed E-state index contributed by atoms with van der Waals surface area (Å²) in [5.74, 6) is 0.704. The van der Waals surface area contributed by atoms with Crippen molar-refractivity contribution in [2.24, 2.45) is 0 Å². The molecule has 120 valence electrons. The molecule has 6 heteroatoms.